The van der Waals surface area contributed by atoms with Gasteiger partial charge >= 0.3 is 0 Å². The molecule has 0 saturated heterocycles. The Morgan fingerprint density at radius 1 is 1.07 bits per heavy atom. The molecule has 0 fully saturated rings. The number of hydrogen-bond donors (Lipinski definition) is 4. The molecule has 0 heterocycles. The first kappa shape index (κ1) is 13.8. The summed E-state index contributed by atoms with van der Waals surface area (Å²) in [7, 11) is 0. The van der Waals surface area contributed by atoms with Gasteiger partial charge in [0.15, 0.2) is 0 Å². The van der Waals surface area contributed by atoms with E-state index in [9.17, 15) is 15.3 Å². The molecule has 4 N–H and O–H groups in total. The van der Waals surface area contributed by atoms with E-state index in [0.29, 0.717) is 0 Å². The highest BCUT2D eigenvalue weighted by atomic mass is 16.4. The molecule has 0 spiro atoms. The molecule has 0 saturated carbocycles. The van der Waals surface area contributed by atoms with Crippen molar-refractivity contribution in [2.75, 3.05) is 0 Å². The Morgan fingerprint density at radius 3 is 1.79 bits per heavy atom. The zero-order chi connectivity index (χ0) is 11.6. The quantitative estimate of drug-likeness (QED) is 0.511. The van der Waals surface area contributed by atoms with Crippen LogP contribution in [0.3, 0.4) is 0 Å². The highest BCUT2D eigenvalue weighted by Crippen LogP contribution is 2.27. The van der Waals surface area contributed by atoms with Crippen LogP contribution in [0.15, 0.2) is 0 Å². The Bertz CT molecular complexity index is 169. The van der Waals surface area contributed by atoms with Gasteiger partial charge in [-0.05, 0) is 40.5 Å². The van der Waals surface area contributed by atoms with E-state index in [2.05, 4.69) is 0 Å². The Kier molecular flexibility index (Phi) is 4.52. The monoisotopic (exact) mass is 206 g/mol. The molecule has 0 rings (SSSR count). The second kappa shape index (κ2) is 4.57. The molecule has 14 heavy (non-hydrogen) atoms. The van der Waals surface area contributed by atoms with Crippen molar-refractivity contribution in [1.82, 2.24) is 0 Å². The zero-order valence-electron chi connectivity index (χ0n) is 9.36. The number of rotatable bonds is 5. The van der Waals surface area contributed by atoms with Crippen molar-refractivity contribution in [2.24, 2.45) is 0 Å². The summed E-state index contributed by atoms with van der Waals surface area (Å²) in [6.45, 7) is 6.04. The van der Waals surface area contributed by atoms with Crippen molar-refractivity contribution in [2.45, 2.75) is 63.9 Å². The van der Waals surface area contributed by atoms with E-state index in [0.717, 1.165) is 0 Å². The molecule has 0 amide bonds. The van der Waals surface area contributed by atoms with Gasteiger partial charge in [0, 0.05) is 0 Å². The van der Waals surface area contributed by atoms with Gasteiger partial charge in [0.25, 0.3) is 0 Å². The summed E-state index contributed by atoms with van der Waals surface area (Å²) < 4.78 is 0. The average molecular weight is 206 g/mol. The number of aliphatic hydroxyl groups excluding tert-OH is 2. The minimum atomic E-state index is -1.26. The third kappa shape index (κ3) is 3.92. The van der Waals surface area contributed by atoms with E-state index >= 15 is 0 Å². The van der Waals surface area contributed by atoms with Gasteiger partial charge in [0.05, 0.1) is 23.4 Å². The van der Waals surface area contributed by atoms with Gasteiger partial charge in [0.2, 0.25) is 0 Å². The van der Waals surface area contributed by atoms with Gasteiger partial charge in [-0.25, -0.2) is 0 Å². The maximum atomic E-state index is 9.84. The summed E-state index contributed by atoms with van der Waals surface area (Å²) in [6.07, 6.45) is -1.17. The fourth-order valence-electron chi connectivity index (χ4n) is 0.976. The fourth-order valence-corrected chi connectivity index (χ4v) is 0.976. The van der Waals surface area contributed by atoms with Crippen molar-refractivity contribution in [3.8, 4) is 0 Å². The molecule has 3 atom stereocenters. The van der Waals surface area contributed by atoms with Crippen LogP contribution in [0.1, 0.15) is 40.5 Å². The van der Waals surface area contributed by atoms with E-state index in [-0.39, 0.29) is 12.8 Å². The Balaban J connectivity index is 4.13. The van der Waals surface area contributed by atoms with Gasteiger partial charge in [-0.1, -0.05) is 0 Å². The second-order valence-electron chi connectivity index (χ2n) is 4.68. The van der Waals surface area contributed by atoms with Crippen LogP contribution >= 0.6 is 0 Å². The Morgan fingerprint density at radius 2 is 1.50 bits per heavy atom. The summed E-state index contributed by atoms with van der Waals surface area (Å²) in [5.74, 6) is 0. The standard InChI is InChI=1S/C10H22O4/c1-7(11)8(12)5-6-10(4,14)9(2,3)13/h7-8,11-14H,5-6H2,1-4H3. The summed E-state index contributed by atoms with van der Waals surface area (Å²) >= 11 is 0. The topological polar surface area (TPSA) is 80.9 Å². The lowest BCUT2D eigenvalue weighted by Crippen LogP contribution is -2.48. The van der Waals surface area contributed by atoms with Crippen LogP contribution < -0.4 is 0 Å². The molecule has 0 aliphatic rings. The first-order valence-electron chi connectivity index (χ1n) is 4.89. The predicted molar refractivity (Wildman–Crippen MR) is 53.8 cm³/mol. The maximum absolute atomic E-state index is 9.84. The molecule has 4 nitrogen and oxygen atoms in total. The molecular weight excluding hydrogens is 184 g/mol. The van der Waals surface area contributed by atoms with Crippen LogP contribution in [-0.2, 0) is 0 Å². The van der Waals surface area contributed by atoms with Crippen LogP contribution in [0.4, 0.5) is 0 Å². The van der Waals surface area contributed by atoms with Crippen LogP contribution in [-0.4, -0.2) is 43.8 Å². The SMILES string of the molecule is CC(O)C(O)CCC(C)(O)C(C)(C)O. The Labute approximate surface area is 85.2 Å². The highest BCUT2D eigenvalue weighted by molar-refractivity contribution is 4.90. The first-order chi connectivity index (χ1) is 6.08. The van der Waals surface area contributed by atoms with Crippen LogP contribution in [0, 0.1) is 0 Å². The lowest BCUT2D eigenvalue weighted by molar-refractivity contribution is -0.130. The summed E-state index contributed by atoms with van der Waals surface area (Å²) in [5, 5.41) is 37.8. The molecule has 0 bridgehead atoms. The highest BCUT2D eigenvalue weighted by Gasteiger charge is 2.37. The van der Waals surface area contributed by atoms with Gasteiger partial charge in [-0.3, -0.25) is 0 Å². The van der Waals surface area contributed by atoms with Crippen molar-refractivity contribution in [1.29, 1.82) is 0 Å². The molecule has 3 unspecified atom stereocenters. The molecule has 4 heteroatoms. The predicted octanol–water partition coefficient (Wildman–Crippen LogP) is 0.0302. The van der Waals surface area contributed by atoms with E-state index in [1.54, 1.807) is 0 Å². The molecule has 0 aromatic heterocycles. The normalized spacial score (nSPS) is 21.4. The van der Waals surface area contributed by atoms with Crippen LogP contribution in [0.25, 0.3) is 0 Å². The van der Waals surface area contributed by atoms with Gasteiger partial charge in [-0.2, -0.15) is 0 Å². The lowest BCUT2D eigenvalue weighted by Gasteiger charge is -2.36. The van der Waals surface area contributed by atoms with E-state index in [1.807, 2.05) is 0 Å². The minimum Gasteiger partial charge on any atom is -0.391 e. The van der Waals surface area contributed by atoms with Crippen molar-refractivity contribution < 1.29 is 20.4 Å². The van der Waals surface area contributed by atoms with E-state index < -0.39 is 23.4 Å². The molecule has 0 aliphatic heterocycles. The third-order valence-electron chi connectivity index (χ3n) is 2.80. The third-order valence-corrected chi connectivity index (χ3v) is 2.80. The zero-order valence-corrected chi connectivity index (χ0v) is 9.36. The molecular formula is C10H22O4. The Hall–Kier alpha value is -0.160. The minimum absolute atomic E-state index is 0.239. The molecule has 0 aromatic rings. The van der Waals surface area contributed by atoms with Crippen LogP contribution in [0.5, 0.6) is 0 Å². The summed E-state index contributed by atoms with van der Waals surface area (Å²) in [6, 6.07) is 0. The number of aliphatic hydroxyl groups is 4. The van der Waals surface area contributed by atoms with Gasteiger partial charge in [-0.15, -0.1) is 0 Å². The molecule has 0 aliphatic carbocycles. The summed E-state index contributed by atoms with van der Waals surface area (Å²) in [5.41, 5.74) is -2.48. The molecule has 86 valence electrons. The average Bonchev–Trinajstić information content (AvgIpc) is 1.97. The number of hydrogen-bond acceptors (Lipinski definition) is 4. The second-order valence-corrected chi connectivity index (χ2v) is 4.68. The largest absolute Gasteiger partial charge is 0.391 e. The van der Waals surface area contributed by atoms with Gasteiger partial charge < -0.3 is 20.4 Å². The molecule has 0 aromatic carbocycles. The lowest BCUT2D eigenvalue weighted by atomic mass is 9.83. The fraction of sp³-hybridized carbons (Fsp3) is 1.00. The van der Waals surface area contributed by atoms with Crippen molar-refractivity contribution in [3.63, 3.8) is 0 Å². The summed E-state index contributed by atoms with van der Waals surface area (Å²) in [4.78, 5) is 0. The van der Waals surface area contributed by atoms with E-state index in [1.165, 1.54) is 27.7 Å². The first-order valence-corrected chi connectivity index (χ1v) is 4.89. The van der Waals surface area contributed by atoms with Crippen molar-refractivity contribution in [3.05, 3.63) is 0 Å². The van der Waals surface area contributed by atoms with Crippen LogP contribution in [0.2, 0.25) is 0 Å². The smallest absolute Gasteiger partial charge is 0.0900 e. The molecule has 0 radical (unpaired) electrons. The van der Waals surface area contributed by atoms with E-state index in [4.69, 9.17) is 5.11 Å². The maximum Gasteiger partial charge on any atom is 0.0900 e. The van der Waals surface area contributed by atoms with Crippen molar-refractivity contribution >= 4 is 0 Å². The van der Waals surface area contributed by atoms with Gasteiger partial charge in [0.1, 0.15) is 0 Å².